The van der Waals surface area contributed by atoms with Crippen molar-refractivity contribution in [1.29, 1.82) is 0 Å². The fourth-order valence-corrected chi connectivity index (χ4v) is 3.04. The molecule has 3 aromatic rings. The molecule has 1 aliphatic carbocycles. The lowest BCUT2D eigenvalue weighted by Gasteiger charge is -1.98. The highest BCUT2D eigenvalue weighted by atomic mass is 32.2. The van der Waals surface area contributed by atoms with Gasteiger partial charge in [-0.15, -0.1) is 11.8 Å². The summed E-state index contributed by atoms with van der Waals surface area (Å²) in [7, 11) is 0. The third-order valence-corrected chi connectivity index (χ3v) is 4.51. The van der Waals surface area contributed by atoms with E-state index in [-0.39, 0.29) is 5.56 Å². The Bertz CT molecular complexity index is 1030. The van der Waals surface area contributed by atoms with Crippen molar-refractivity contribution in [2.24, 2.45) is 0 Å². The number of fused-ring (bicyclic) bond motifs is 2. The van der Waals surface area contributed by atoms with Gasteiger partial charge >= 0.3 is 0 Å². The summed E-state index contributed by atoms with van der Waals surface area (Å²) >= 11 is 1.69. The molecule has 5 nitrogen and oxygen atoms in total. The number of aromatic nitrogens is 4. The standard InChI is InChI=1S/C16H14N4OS/c1-22-11-7-5-10(6-8-11)9-14-15(21)18-16-17-12-3-2-4-13(12)19-20(14)16/h3,5-9H,2,4H2,1H3,(H,17,18,21)/b14-9-. The third kappa shape index (κ3) is 2.16. The maximum atomic E-state index is 12.2. The summed E-state index contributed by atoms with van der Waals surface area (Å²) in [4.78, 5) is 20.6. The van der Waals surface area contributed by atoms with Crippen LogP contribution in [0.1, 0.15) is 17.7 Å². The average Bonchev–Trinajstić information content (AvgIpc) is 3.10. The van der Waals surface area contributed by atoms with Crippen LogP contribution in [0.4, 0.5) is 0 Å². The van der Waals surface area contributed by atoms with Gasteiger partial charge in [0.1, 0.15) is 5.35 Å². The molecule has 0 spiro atoms. The number of hydrogen-bond acceptors (Lipinski definition) is 4. The van der Waals surface area contributed by atoms with Crippen LogP contribution in [0.5, 0.6) is 0 Å². The number of hydrogen-bond donors (Lipinski definition) is 1. The minimum Gasteiger partial charge on any atom is -0.289 e. The van der Waals surface area contributed by atoms with Crippen LogP contribution in [0.2, 0.25) is 0 Å². The predicted octanol–water partition coefficient (Wildman–Crippen LogP) is 0.695. The summed E-state index contributed by atoms with van der Waals surface area (Å²) in [6, 6.07) is 8.08. The normalized spacial score (nSPS) is 14.3. The second-order valence-electron chi connectivity index (χ2n) is 5.18. The maximum Gasteiger partial charge on any atom is 0.276 e. The Kier molecular flexibility index (Phi) is 3.11. The van der Waals surface area contributed by atoms with E-state index >= 15 is 0 Å². The molecular weight excluding hydrogens is 296 g/mol. The molecule has 1 aliphatic rings. The second-order valence-corrected chi connectivity index (χ2v) is 6.06. The van der Waals surface area contributed by atoms with E-state index in [4.69, 9.17) is 0 Å². The zero-order valence-electron chi connectivity index (χ0n) is 12.0. The fourth-order valence-electron chi connectivity index (χ4n) is 2.63. The highest BCUT2D eigenvalue weighted by Crippen LogP contribution is 2.14. The van der Waals surface area contributed by atoms with Crippen LogP contribution in [0.25, 0.3) is 17.9 Å². The van der Waals surface area contributed by atoms with Crippen molar-refractivity contribution in [3.63, 3.8) is 0 Å². The van der Waals surface area contributed by atoms with Crippen LogP contribution in [-0.4, -0.2) is 25.8 Å². The first-order chi connectivity index (χ1) is 10.7. The van der Waals surface area contributed by atoms with Gasteiger partial charge in [0.2, 0.25) is 5.78 Å². The third-order valence-electron chi connectivity index (χ3n) is 3.77. The molecule has 22 heavy (non-hydrogen) atoms. The number of aryl methyl sites for hydroxylation is 1. The number of imidazole rings is 1. The Labute approximate surface area is 130 Å². The van der Waals surface area contributed by atoms with Crippen LogP contribution in [0.15, 0.2) is 34.0 Å². The summed E-state index contributed by atoms with van der Waals surface area (Å²) in [6.07, 6.45) is 7.78. The zero-order chi connectivity index (χ0) is 15.1. The molecule has 110 valence electrons. The SMILES string of the molecule is CSc1ccc(/C=c2/c(=O)[nH]c3nc4c(nn23)CCC=4)cc1. The van der Waals surface area contributed by atoms with Crippen LogP contribution >= 0.6 is 11.8 Å². The summed E-state index contributed by atoms with van der Waals surface area (Å²) in [5, 5.41) is 5.96. The number of rotatable bonds is 2. The van der Waals surface area contributed by atoms with Gasteiger partial charge in [-0.2, -0.15) is 9.61 Å². The Balaban J connectivity index is 1.94. The van der Waals surface area contributed by atoms with Gasteiger partial charge in [-0.05, 0) is 42.9 Å². The first-order valence-corrected chi connectivity index (χ1v) is 8.31. The lowest BCUT2D eigenvalue weighted by Crippen LogP contribution is -2.28. The van der Waals surface area contributed by atoms with Gasteiger partial charge in [-0.1, -0.05) is 18.2 Å². The molecule has 0 saturated heterocycles. The zero-order valence-corrected chi connectivity index (χ0v) is 12.9. The van der Waals surface area contributed by atoms with Crippen molar-refractivity contribution < 1.29 is 0 Å². The maximum absolute atomic E-state index is 12.2. The van der Waals surface area contributed by atoms with E-state index in [9.17, 15) is 4.79 Å². The van der Waals surface area contributed by atoms with Gasteiger partial charge in [0.15, 0.2) is 0 Å². The van der Waals surface area contributed by atoms with Crippen LogP contribution < -0.4 is 16.3 Å². The summed E-state index contributed by atoms with van der Waals surface area (Å²) in [5.41, 5.74) is 1.75. The number of nitrogens with zero attached hydrogens (tertiary/aromatic N) is 3. The van der Waals surface area contributed by atoms with Crippen LogP contribution in [0, 0.1) is 0 Å². The van der Waals surface area contributed by atoms with Gasteiger partial charge in [0.05, 0.1) is 11.0 Å². The van der Waals surface area contributed by atoms with Crippen molar-refractivity contribution in [3.8, 4) is 0 Å². The molecule has 0 unspecified atom stereocenters. The van der Waals surface area contributed by atoms with E-state index in [1.807, 2.05) is 36.6 Å². The van der Waals surface area contributed by atoms with Crippen molar-refractivity contribution in [1.82, 2.24) is 19.6 Å². The van der Waals surface area contributed by atoms with E-state index in [0.717, 1.165) is 29.4 Å². The average molecular weight is 310 g/mol. The molecule has 0 saturated carbocycles. The molecule has 2 aromatic heterocycles. The van der Waals surface area contributed by atoms with Gasteiger partial charge in [0, 0.05) is 4.90 Å². The van der Waals surface area contributed by atoms with Crippen molar-refractivity contribution in [2.45, 2.75) is 17.7 Å². The predicted molar refractivity (Wildman–Crippen MR) is 87.4 cm³/mol. The van der Waals surface area contributed by atoms with Gasteiger partial charge in [-0.3, -0.25) is 9.78 Å². The molecule has 0 fully saturated rings. The second kappa shape index (κ2) is 5.14. The van der Waals surface area contributed by atoms with Crippen LogP contribution in [0.3, 0.4) is 0 Å². The lowest BCUT2D eigenvalue weighted by molar-refractivity contribution is 0.808. The molecule has 0 aliphatic heterocycles. The van der Waals surface area contributed by atoms with Crippen LogP contribution in [-0.2, 0) is 6.42 Å². The number of aromatic amines is 1. The first-order valence-electron chi connectivity index (χ1n) is 7.08. The fraction of sp³-hybridized carbons (Fsp3) is 0.188. The van der Waals surface area contributed by atoms with Crippen molar-refractivity contribution >= 4 is 29.7 Å². The van der Waals surface area contributed by atoms with Gasteiger partial charge < -0.3 is 0 Å². The van der Waals surface area contributed by atoms with E-state index in [1.54, 1.807) is 16.3 Å². The molecule has 0 amide bonds. The van der Waals surface area contributed by atoms with Gasteiger partial charge in [0.25, 0.3) is 5.56 Å². The molecule has 6 heteroatoms. The van der Waals surface area contributed by atoms with E-state index in [1.165, 1.54) is 4.90 Å². The van der Waals surface area contributed by atoms with Crippen molar-refractivity contribution in [3.05, 3.63) is 56.6 Å². The monoisotopic (exact) mass is 310 g/mol. The largest absolute Gasteiger partial charge is 0.289 e. The first kappa shape index (κ1) is 13.3. The Morgan fingerprint density at radius 3 is 2.91 bits per heavy atom. The Morgan fingerprint density at radius 1 is 1.32 bits per heavy atom. The van der Waals surface area contributed by atoms with E-state index in [0.29, 0.717) is 11.1 Å². The Morgan fingerprint density at radius 2 is 2.14 bits per heavy atom. The van der Waals surface area contributed by atoms with E-state index in [2.05, 4.69) is 21.1 Å². The van der Waals surface area contributed by atoms with E-state index < -0.39 is 0 Å². The minimum atomic E-state index is -0.169. The lowest BCUT2D eigenvalue weighted by atomic mass is 10.2. The number of nitrogens with one attached hydrogen (secondary N) is 1. The number of benzene rings is 1. The highest BCUT2D eigenvalue weighted by molar-refractivity contribution is 7.98. The van der Waals surface area contributed by atoms with Crippen molar-refractivity contribution in [2.75, 3.05) is 6.26 Å². The topological polar surface area (TPSA) is 63.0 Å². The number of H-pyrrole nitrogens is 1. The summed E-state index contributed by atoms with van der Waals surface area (Å²) in [5.74, 6) is 0.494. The smallest absolute Gasteiger partial charge is 0.276 e. The molecule has 0 bridgehead atoms. The quantitative estimate of drug-likeness (QED) is 0.708. The molecule has 0 atom stereocenters. The molecule has 2 heterocycles. The summed E-state index contributed by atoms with van der Waals surface area (Å²) in [6.45, 7) is 0. The minimum absolute atomic E-state index is 0.169. The van der Waals surface area contributed by atoms with Gasteiger partial charge in [-0.25, -0.2) is 4.98 Å². The number of thioether (sulfide) groups is 1. The molecular formula is C16H14N4OS. The molecule has 4 rings (SSSR count). The molecule has 1 aromatic carbocycles. The molecule has 0 radical (unpaired) electrons. The Hall–Kier alpha value is -2.34. The molecule has 1 N–H and O–H groups in total. The summed E-state index contributed by atoms with van der Waals surface area (Å²) < 4.78 is 1.61. The highest BCUT2D eigenvalue weighted by Gasteiger charge is 2.10.